The monoisotopic (exact) mass is 308 g/mol. The van der Waals surface area contributed by atoms with Crippen molar-refractivity contribution < 1.29 is 0 Å². The van der Waals surface area contributed by atoms with Gasteiger partial charge in [-0.25, -0.2) is 0 Å². The molecule has 0 amide bonds. The molecule has 0 bridgehead atoms. The number of hydrogen-bond acceptors (Lipinski definition) is 0. The maximum atomic E-state index is 2.25. The Kier molecular flexibility index (Phi) is 15.8. The van der Waals surface area contributed by atoms with Crippen molar-refractivity contribution in [2.75, 3.05) is 0 Å². The van der Waals surface area contributed by atoms with Crippen LogP contribution in [0.15, 0.2) is 0 Å². The third kappa shape index (κ3) is 10.0. The quantitative estimate of drug-likeness (QED) is 0.553. The summed E-state index contributed by atoms with van der Waals surface area (Å²) in [5, 5.41) is 0. The molecule has 0 heterocycles. The first-order valence-electron chi connectivity index (χ1n) is 3.41. The minimum Gasteiger partial charge on any atom is -0.0654 e. The molecule has 4 radical (unpaired) electrons. The van der Waals surface area contributed by atoms with Gasteiger partial charge in [0.1, 0.15) is 0 Å². The molecular weight excluding hydrogens is 291 g/mol. The molecule has 1 heteroatoms. The third-order valence-corrected chi connectivity index (χ3v) is 1.21. The van der Waals surface area contributed by atoms with E-state index in [4.69, 9.17) is 0 Å². The van der Waals surface area contributed by atoms with E-state index in [1.165, 1.54) is 32.1 Å². The maximum absolute atomic E-state index is 2.25. The summed E-state index contributed by atoms with van der Waals surface area (Å²) in [4.78, 5) is 0. The Balaban J connectivity index is 0. The molecule has 0 spiro atoms. The number of hydrogen-bond donors (Lipinski definition) is 0. The third-order valence-electron chi connectivity index (χ3n) is 1.21. The second kappa shape index (κ2) is 10.8. The molecule has 0 nitrogen and oxygen atoms in total. The van der Waals surface area contributed by atoms with Crippen molar-refractivity contribution >= 4 is 27.3 Å². The molecule has 0 saturated carbocycles. The molecule has 0 rings (SSSR count). The minimum absolute atomic E-state index is 0. The van der Waals surface area contributed by atoms with Crippen LogP contribution < -0.4 is 0 Å². The smallest absolute Gasteiger partial charge is 0 e. The van der Waals surface area contributed by atoms with E-state index in [0.717, 1.165) is 0 Å². The van der Waals surface area contributed by atoms with Gasteiger partial charge in [-0.15, -0.1) is 0 Å². The zero-order valence-electron chi connectivity index (χ0n) is 6.04. The van der Waals surface area contributed by atoms with Crippen molar-refractivity contribution in [1.82, 2.24) is 0 Å². The average Bonchev–Trinajstić information content (AvgIpc) is 1.69. The van der Waals surface area contributed by atoms with E-state index in [-0.39, 0.29) is 27.3 Å². The van der Waals surface area contributed by atoms with Gasteiger partial charge >= 0.3 is 0 Å². The van der Waals surface area contributed by atoms with Crippen LogP contribution in [0.2, 0.25) is 0 Å². The Morgan fingerprint density at radius 1 is 0.750 bits per heavy atom. The van der Waals surface area contributed by atoms with Gasteiger partial charge in [-0.05, 0) is 0 Å². The van der Waals surface area contributed by atoms with E-state index in [1.807, 2.05) is 0 Å². The largest absolute Gasteiger partial charge is 0.0654 e. The van der Waals surface area contributed by atoms with E-state index in [2.05, 4.69) is 13.8 Å². The second-order valence-electron chi connectivity index (χ2n) is 2.06. The Morgan fingerprint density at radius 2 is 1.12 bits per heavy atom. The number of unbranched alkanes of at least 4 members (excludes halogenated alkanes) is 4. The first-order valence-corrected chi connectivity index (χ1v) is 3.41. The Bertz CT molecular complexity index is 23.6. The second-order valence-corrected chi connectivity index (χ2v) is 2.06. The van der Waals surface area contributed by atoms with Crippen LogP contribution in [0.3, 0.4) is 0 Å². The summed E-state index contributed by atoms with van der Waals surface area (Å²) in [7, 11) is 0. The van der Waals surface area contributed by atoms with Gasteiger partial charge < -0.3 is 0 Å². The van der Waals surface area contributed by atoms with Crippen LogP contribution in [0.5, 0.6) is 0 Å². The Hall–Kier alpha value is 0.922. The van der Waals surface area contributed by atoms with E-state index >= 15 is 0 Å². The molecule has 48 valence electrons. The predicted molar refractivity (Wildman–Crippen MR) is 40.2 cm³/mol. The van der Waals surface area contributed by atoms with Crippen LogP contribution in [0.1, 0.15) is 46.0 Å². The standard InChI is InChI=1S/C7H16.Pb/c1-3-5-7-6-4-2;/h3-7H2,1-2H3;. The normalized spacial score (nSPS) is 8.25. The summed E-state index contributed by atoms with van der Waals surface area (Å²) >= 11 is 0. The molecule has 0 aliphatic carbocycles. The van der Waals surface area contributed by atoms with E-state index in [9.17, 15) is 0 Å². The molecule has 0 aromatic carbocycles. The molecule has 0 unspecified atom stereocenters. The zero-order valence-corrected chi connectivity index (χ0v) is 9.92. The predicted octanol–water partition coefficient (Wildman–Crippen LogP) is 2.60. The van der Waals surface area contributed by atoms with E-state index < -0.39 is 0 Å². The molecule has 0 aliphatic rings. The maximum Gasteiger partial charge on any atom is 0 e. The van der Waals surface area contributed by atoms with Crippen molar-refractivity contribution in [3.8, 4) is 0 Å². The first kappa shape index (κ1) is 11.7. The van der Waals surface area contributed by atoms with Crippen molar-refractivity contribution in [3.05, 3.63) is 0 Å². The fraction of sp³-hybridized carbons (Fsp3) is 1.00. The summed E-state index contributed by atoms with van der Waals surface area (Å²) < 4.78 is 0. The van der Waals surface area contributed by atoms with Crippen molar-refractivity contribution in [3.63, 3.8) is 0 Å². The Morgan fingerprint density at radius 3 is 1.38 bits per heavy atom. The van der Waals surface area contributed by atoms with Gasteiger partial charge in [0.15, 0.2) is 0 Å². The van der Waals surface area contributed by atoms with Crippen LogP contribution in [0.25, 0.3) is 0 Å². The van der Waals surface area contributed by atoms with Crippen LogP contribution in [0, 0.1) is 0 Å². The van der Waals surface area contributed by atoms with Gasteiger partial charge in [0, 0.05) is 27.3 Å². The fourth-order valence-electron chi connectivity index (χ4n) is 0.677. The summed E-state index contributed by atoms with van der Waals surface area (Å²) in [6.07, 6.45) is 7.01. The SMILES string of the molecule is CCCCCCC.[Pb]. The van der Waals surface area contributed by atoms with Gasteiger partial charge in [0.25, 0.3) is 0 Å². The summed E-state index contributed by atoms with van der Waals surface area (Å²) in [5.41, 5.74) is 0. The minimum atomic E-state index is 0. The van der Waals surface area contributed by atoms with Crippen LogP contribution in [0.4, 0.5) is 0 Å². The van der Waals surface area contributed by atoms with Gasteiger partial charge in [-0.3, -0.25) is 0 Å². The van der Waals surface area contributed by atoms with Crippen LogP contribution >= 0.6 is 0 Å². The van der Waals surface area contributed by atoms with Crippen molar-refractivity contribution in [2.45, 2.75) is 46.0 Å². The van der Waals surface area contributed by atoms with Gasteiger partial charge in [-0.2, -0.15) is 0 Å². The average molecular weight is 307 g/mol. The van der Waals surface area contributed by atoms with Gasteiger partial charge in [0.2, 0.25) is 0 Å². The molecule has 0 saturated heterocycles. The van der Waals surface area contributed by atoms with Crippen molar-refractivity contribution in [1.29, 1.82) is 0 Å². The molecule has 0 aliphatic heterocycles. The first-order chi connectivity index (χ1) is 3.41. The van der Waals surface area contributed by atoms with Crippen LogP contribution in [-0.4, -0.2) is 27.3 Å². The Labute approximate surface area is 73.2 Å². The molecule has 0 aromatic rings. The molecular formula is C7H16Pb. The molecule has 0 aromatic heterocycles. The van der Waals surface area contributed by atoms with Crippen LogP contribution in [-0.2, 0) is 0 Å². The fourth-order valence-corrected chi connectivity index (χ4v) is 0.677. The van der Waals surface area contributed by atoms with Gasteiger partial charge in [0.05, 0.1) is 0 Å². The summed E-state index contributed by atoms with van der Waals surface area (Å²) in [6.45, 7) is 4.49. The van der Waals surface area contributed by atoms with E-state index in [1.54, 1.807) is 0 Å². The summed E-state index contributed by atoms with van der Waals surface area (Å²) in [6, 6.07) is 0. The molecule has 0 fully saturated rings. The molecule has 0 N–H and O–H groups in total. The molecule has 8 heavy (non-hydrogen) atoms. The summed E-state index contributed by atoms with van der Waals surface area (Å²) in [5.74, 6) is 0. The topological polar surface area (TPSA) is 0 Å². The number of rotatable bonds is 4. The van der Waals surface area contributed by atoms with Crippen molar-refractivity contribution in [2.24, 2.45) is 0 Å². The molecule has 0 atom stereocenters. The zero-order chi connectivity index (χ0) is 5.54. The van der Waals surface area contributed by atoms with E-state index in [0.29, 0.717) is 0 Å². The van der Waals surface area contributed by atoms with Gasteiger partial charge in [-0.1, -0.05) is 46.0 Å².